The fraction of sp³-hybridized carbons (Fsp3) is 0.500. The molecule has 3 heterocycles. The summed E-state index contributed by atoms with van der Waals surface area (Å²) in [6.07, 6.45) is -1.23. The molecule has 14 heteroatoms. The van der Waals surface area contributed by atoms with E-state index in [1.54, 1.807) is 4.90 Å². The number of nitrogens with one attached hydrogen (secondary N) is 2. The Morgan fingerprint density at radius 3 is 2.36 bits per heavy atom. The molecule has 1 aliphatic carbocycles. The van der Waals surface area contributed by atoms with Crippen LogP contribution >= 0.6 is 0 Å². The summed E-state index contributed by atoms with van der Waals surface area (Å²) >= 11 is 0. The Kier molecular flexibility index (Phi) is 8.25. The van der Waals surface area contributed by atoms with Crippen molar-refractivity contribution in [3.05, 3.63) is 63.1 Å². The van der Waals surface area contributed by atoms with Gasteiger partial charge >= 0.3 is 12.3 Å². The third kappa shape index (κ3) is 6.04. The normalized spacial score (nSPS) is 22.0. The Hall–Kier alpha value is -3.94. The molecular weight excluding hydrogens is 589 g/mol. The van der Waals surface area contributed by atoms with Crippen LogP contribution in [0.2, 0.25) is 0 Å². The van der Waals surface area contributed by atoms with E-state index in [1.165, 1.54) is 11.0 Å². The van der Waals surface area contributed by atoms with E-state index in [9.17, 15) is 27.6 Å². The van der Waals surface area contributed by atoms with Crippen molar-refractivity contribution in [1.29, 1.82) is 0 Å². The molecular formula is C30H34F5N5O4. The number of ether oxygens (including phenoxy) is 1. The van der Waals surface area contributed by atoms with Crippen molar-refractivity contribution in [2.45, 2.75) is 63.9 Å². The number of alkyl halides is 3. The number of piperazine rings is 1. The van der Waals surface area contributed by atoms with Crippen LogP contribution in [0.3, 0.4) is 0 Å². The number of aromatic amines is 1. The second-order valence-corrected chi connectivity index (χ2v) is 12.1. The lowest BCUT2D eigenvalue weighted by Crippen LogP contribution is -2.55. The molecule has 0 spiro atoms. The molecule has 2 aliphatic heterocycles. The van der Waals surface area contributed by atoms with Crippen LogP contribution in [0.15, 0.2) is 29.2 Å². The Labute approximate surface area is 250 Å². The summed E-state index contributed by atoms with van der Waals surface area (Å²) in [7, 11) is 1.91. The maximum absolute atomic E-state index is 16.5. The highest BCUT2D eigenvalue weighted by Gasteiger charge is 2.39. The van der Waals surface area contributed by atoms with Crippen molar-refractivity contribution in [3.8, 4) is 0 Å². The Balaban J connectivity index is 1.53. The minimum atomic E-state index is -5.05. The molecule has 1 aromatic heterocycles. The fourth-order valence-corrected chi connectivity index (χ4v) is 5.87. The summed E-state index contributed by atoms with van der Waals surface area (Å²) in [5.74, 6) is -3.50. The third-order valence-corrected chi connectivity index (χ3v) is 8.85. The van der Waals surface area contributed by atoms with Crippen LogP contribution in [-0.2, 0) is 10.9 Å². The van der Waals surface area contributed by atoms with E-state index in [-0.39, 0.29) is 42.5 Å². The first-order chi connectivity index (χ1) is 20.6. The van der Waals surface area contributed by atoms with Crippen LogP contribution < -0.4 is 15.8 Å². The summed E-state index contributed by atoms with van der Waals surface area (Å²) in [4.78, 5) is 44.8. The molecule has 1 aromatic carbocycles. The van der Waals surface area contributed by atoms with Crippen molar-refractivity contribution < 1.29 is 36.3 Å². The number of nitrogens with zero attached hydrogens (tertiary/aromatic N) is 3. The third-order valence-electron chi connectivity index (χ3n) is 8.85. The predicted octanol–water partition coefficient (Wildman–Crippen LogP) is 5.23. The van der Waals surface area contributed by atoms with Gasteiger partial charge in [-0.1, -0.05) is 6.08 Å². The van der Waals surface area contributed by atoms with E-state index in [0.29, 0.717) is 19.3 Å². The molecule has 5 rings (SSSR count). The number of rotatable bonds is 5. The van der Waals surface area contributed by atoms with Gasteiger partial charge in [-0.15, -0.1) is 0 Å². The van der Waals surface area contributed by atoms with Crippen molar-refractivity contribution in [2.75, 3.05) is 43.4 Å². The smallest absolute Gasteiger partial charge is 0.417 e. The lowest BCUT2D eigenvalue weighted by atomic mass is 9.82. The number of carbonyl (C=O) groups excluding carboxylic acids is 2. The molecule has 0 unspecified atom stereocenters. The molecule has 9 nitrogen and oxygen atoms in total. The first-order valence-electron chi connectivity index (χ1n) is 14.4. The number of benzene rings is 1. The molecule has 1 saturated heterocycles. The van der Waals surface area contributed by atoms with Crippen LogP contribution in [0.25, 0.3) is 5.57 Å². The molecule has 2 N–H and O–H groups in total. The molecule has 238 valence electrons. The number of aromatic nitrogens is 1. The average Bonchev–Trinajstić information content (AvgIpc) is 3.41. The van der Waals surface area contributed by atoms with Gasteiger partial charge in [0.25, 0.3) is 5.91 Å². The molecule has 3 aliphatic rings. The molecule has 0 bridgehead atoms. The van der Waals surface area contributed by atoms with Gasteiger partial charge in [-0.2, -0.15) is 13.2 Å². The Bertz CT molecular complexity index is 1560. The van der Waals surface area contributed by atoms with Gasteiger partial charge in [0, 0.05) is 56.6 Å². The Morgan fingerprint density at radius 1 is 1.11 bits per heavy atom. The van der Waals surface area contributed by atoms with Crippen molar-refractivity contribution >= 4 is 28.9 Å². The SMILES string of the molecule is C[C@@H]1CN(c2cc(F)c(C3=CCN(C(=O)OC4(C)CCC4)C3)c(F)c2NC(=O)c2c[nH]c(=O)cc2C(F)(F)F)C[C@H](C)N1C. The lowest BCUT2D eigenvalue weighted by molar-refractivity contribution is -0.138. The van der Waals surface area contributed by atoms with Crippen LogP contribution in [0, 0.1) is 11.6 Å². The number of hydrogen-bond acceptors (Lipinski definition) is 6. The lowest BCUT2D eigenvalue weighted by Gasteiger charge is -2.44. The van der Waals surface area contributed by atoms with Gasteiger partial charge in [-0.05, 0) is 52.7 Å². The fourth-order valence-electron chi connectivity index (χ4n) is 5.87. The van der Waals surface area contributed by atoms with E-state index >= 15 is 8.78 Å². The largest absolute Gasteiger partial charge is 0.443 e. The van der Waals surface area contributed by atoms with E-state index in [4.69, 9.17) is 4.74 Å². The first kappa shape index (κ1) is 31.5. The number of likely N-dealkylation sites (N-methyl/N-ethyl adjacent to an activating group) is 1. The van der Waals surface area contributed by atoms with Crippen LogP contribution in [-0.4, -0.2) is 77.7 Å². The highest BCUT2D eigenvalue weighted by Crippen LogP contribution is 2.40. The second-order valence-electron chi connectivity index (χ2n) is 12.1. The number of H-pyrrole nitrogens is 1. The molecule has 2 fully saturated rings. The molecule has 2 atom stereocenters. The summed E-state index contributed by atoms with van der Waals surface area (Å²) in [6, 6.07) is 1.18. The standard InChI is InChI=1S/C30H34F5N5O4/c1-16-13-40(14-17(2)38(16)4)22-11-21(31)24(18-6-9-39(15-18)28(43)44-29(3)7-5-8-29)25(32)26(22)37-27(42)19-12-36-23(41)10-20(19)30(33,34)35/h6,10-12,16-17H,5,7-9,13-15H2,1-4H3,(H,36,41)(H,37,42)/t16-,17+. The average molecular weight is 624 g/mol. The molecule has 1 saturated carbocycles. The summed E-state index contributed by atoms with van der Waals surface area (Å²) in [5.41, 5.74) is -5.05. The highest BCUT2D eigenvalue weighted by atomic mass is 19.4. The van der Waals surface area contributed by atoms with Crippen LogP contribution in [0.5, 0.6) is 0 Å². The highest BCUT2D eigenvalue weighted by molar-refractivity contribution is 6.07. The monoisotopic (exact) mass is 623 g/mol. The van der Waals surface area contributed by atoms with Crippen molar-refractivity contribution in [2.24, 2.45) is 0 Å². The molecule has 2 aromatic rings. The quantitative estimate of drug-likeness (QED) is 0.443. The van der Waals surface area contributed by atoms with Crippen LogP contribution in [0.1, 0.15) is 61.5 Å². The predicted molar refractivity (Wildman–Crippen MR) is 154 cm³/mol. The summed E-state index contributed by atoms with van der Waals surface area (Å²) in [6.45, 7) is 6.14. The zero-order valence-corrected chi connectivity index (χ0v) is 24.8. The second kappa shape index (κ2) is 11.5. The number of pyridine rings is 1. The Morgan fingerprint density at radius 2 is 1.77 bits per heavy atom. The number of halogens is 5. The topological polar surface area (TPSA) is 98.0 Å². The van der Waals surface area contributed by atoms with Gasteiger partial charge < -0.3 is 24.8 Å². The number of carbonyl (C=O) groups is 2. The first-order valence-corrected chi connectivity index (χ1v) is 14.4. The van der Waals surface area contributed by atoms with Gasteiger partial charge in [0.05, 0.1) is 22.4 Å². The zero-order chi connectivity index (χ0) is 32.1. The minimum absolute atomic E-state index is 0.0341. The van der Waals surface area contributed by atoms with Gasteiger partial charge in [-0.3, -0.25) is 14.5 Å². The van der Waals surface area contributed by atoms with E-state index in [2.05, 4.69) is 10.2 Å². The van der Waals surface area contributed by atoms with Crippen molar-refractivity contribution in [1.82, 2.24) is 14.8 Å². The zero-order valence-electron chi connectivity index (χ0n) is 24.8. The van der Waals surface area contributed by atoms with E-state index in [0.717, 1.165) is 25.3 Å². The summed E-state index contributed by atoms with van der Waals surface area (Å²) in [5, 5.41) is 2.25. The van der Waals surface area contributed by atoms with Crippen molar-refractivity contribution in [3.63, 3.8) is 0 Å². The van der Waals surface area contributed by atoms with Gasteiger partial charge in [0.1, 0.15) is 17.1 Å². The number of anilines is 2. The van der Waals surface area contributed by atoms with Gasteiger partial charge in [0.2, 0.25) is 5.56 Å². The van der Waals surface area contributed by atoms with E-state index in [1.807, 2.05) is 32.8 Å². The maximum atomic E-state index is 16.5. The molecule has 44 heavy (non-hydrogen) atoms. The molecule has 2 amide bonds. The van der Waals surface area contributed by atoms with Gasteiger partial charge in [0.15, 0.2) is 5.82 Å². The molecule has 0 radical (unpaired) electrons. The van der Waals surface area contributed by atoms with E-state index < -0.39 is 63.3 Å². The van der Waals surface area contributed by atoms with Gasteiger partial charge in [-0.25, -0.2) is 13.6 Å². The number of hydrogen-bond donors (Lipinski definition) is 2. The maximum Gasteiger partial charge on any atom is 0.417 e. The minimum Gasteiger partial charge on any atom is -0.443 e. The summed E-state index contributed by atoms with van der Waals surface area (Å²) < 4.78 is 79.0. The van der Waals surface area contributed by atoms with Crippen LogP contribution in [0.4, 0.5) is 38.1 Å². The number of amides is 2.